The van der Waals surface area contributed by atoms with Crippen LogP contribution >= 0.6 is 0 Å². The molecule has 0 bridgehead atoms. The van der Waals surface area contributed by atoms with Crippen molar-refractivity contribution in [2.75, 3.05) is 0 Å². The third-order valence-electron chi connectivity index (χ3n) is 11.2. The number of carbonyl (C=O) groups excluding carboxylic acids is 1. The van der Waals surface area contributed by atoms with E-state index in [1.807, 2.05) is 50.2 Å². The average Bonchev–Trinajstić information content (AvgIpc) is 4.07. The first-order chi connectivity index (χ1) is 23.8. The van der Waals surface area contributed by atoms with Gasteiger partial charge in [0.1, 0.15) is 23.4 Å². The second kappa shape index (κ2) is 11.4. The minimum Gasteiger partial charge on any atom is -0.376 e. The molecule has 3 atom stereocenters. The molecule has 6 heterocycles. The number of fused-ring (bicyclic) bond motifs is 1. The summed E-state index contributed by atoms with van der Waals surface area (Å²) in [6.07, 6.45) is 13.0. The van der Waals surface area contributed by atoms with Gasteiger partial charge in [-0.05, 0) is 120 Å². The molecular weight excluding hydrogens is 618 g/mol. The third-order valence-corrected chi connectivity index (χ3v) is 11.2. The molecular formula is C39H41N5O5. The number of ether oxygens (including phenoxy) is 2. The monoisotopic (exact) mass is 659 g/mol. The number of benzene rings is 1. The number of nitrogens with one attached hydrogen (secondary N) is 1. The zero-order valence-corrected chi connectivity index (χ0v) is 27.9. The van der Waals surface area contributed by atoms with Crippen LogP contribution in [0.1, 0.15) is 109 Å². The summed E-state index contributed by atoms with van der Waals surface area (Å²) in [7, 11) is 0. The molecule has 5 aliphatic rings. The molecule has 0 radical (unpaired) electrons. The van der Waals surface area contributed by atoms with Gasteiger partial charge in [0.05, 0.1) is 39.7 Å². The SMILES string of the molecule is Cc1noc(C)c1-c1cc([C@](O)(c2ccccn2)[C@H]2CCC3(CC3)O2)c2nc(C3CC3)[nH]c2c1.O=C(c1ccccn1)[C@H]1CCC2(CC2)O1. The number of H-pyrrole nitrogens is 1. The van der Waals surface area contributed by atoms with Crippen LogP contribution in [0.3, 0.4) is 0 Å². The topological polar surface area (TPSA) is 136 Å². The lowest BCUT2D eigenvalue weighted by Gasteiger charge is -2.34. The Hall–Kier alpha value is -4.25. The molecule has 10 rings (SSSR count). The van der Waals surface area contributed by atoms with Crippen LogP contribution in [0.15, 0.2) is 65.4 Å². The molecule has 10 heteroatoms. The fourth-order valence-corrected chi connectivity index (χ4v) is 7.88. The number of imidazole rings is 1. The number of pyridine rings is 2. The van der Waals surface area contributed by atoms with Gasteiger partial charge in [0.2, 0.25) is 5.78 Å². The molecule has 1 aromatic carbocycles. The van der Waals surface area contributed by atoms with Crippen molar-refractivity contribution in [3.8, 4) is 11.1 Å². The normalized spacial score (nSPS) is 24.1. The fraction of sp³-hybridized carbons (Fsp3) is 0.462. The number of aromatic amines is 1. The number of rotatable bonds is 7. The maximum absolute atomic E-state index is 12.7. The number of hydrogen-bond acceptors (Lipinski definition) is 9. The Labute approximate surface area is 284 Å². The number of carbonyl (C=O) groups is 1. The number of aromatic nitrogens is 5. The molecule has 5 fully saturated rings. The lowest BCUT2D eigenvalue weighted by Crippen LogP contribution is -2.42. The maximum Gasteiger partial charge on any atom is 0.209 e. The summed E-state index contributed by atoms with van der Waals surface area (Å²) in [5.74, 6) is 2.24. The fourth-order valence-electron chi connectivity index (χ4n) is 7.88. The summed E-state index contributed by atoms with van der Waals surface area (Å²) in [6, 6.07) is 15.2. The van der Waals surface area contributed by atoms with Crippen molar-refractivity contribution in [3.05, 3.63) is 95.2 Å². The Balaban J connectivity index is 0.000000180. The molecule has 252 valence electrons. The van der Waals surface area contributed by atoms with E-state index in [0.717, 1.165) is 109 Å². The van der Waals surface area contributed by atoms with Crippen molar-refractivity contribution in [2.24, 2.45) is 0 Å². The quantitative estimate of drug-likeness (QED) is 0.177. The van der Waals surface area contributed by atoms with Crippen molar-refractivity contribution in [1.82, 2.24) is 25.1 Å². The highest BCUT2D eigenvalue weighted by atomic mass is 16.5. The summed E-state index contributed by atoms with van der Waals surface area (Å²) in [6.45, 7) is 3.86. The molecule has 5 aromatic rings. The van der Waals surface area contributed by atoms with Crippen LogP contribution in [-0.2, 0) is 15.1 Å². The van der Waals surface area contributed by atoms with Gasteiger partial charge in [-0.1, -0.05) is 17.3 Å². The predicted molar refractivity (Wildman–Crippen MR) is 181 cm³/mol. The lowest BCUT2D eigenvalue weighted by atomic mass is 9.81. The van der Waals surface area contributed by atoms with Gasteiger partial charge in [0, 0.05) is 29.4 Å². The molecule has 49 heavy (non-hydrogen) atoms. The van der Waals surface area contributed by atoms with E-state index in [4.69, 9.17) is 19.0 Å². The lowest BCUT2D eigenvalue weighted by molar-refractivity contribution is -0.0934. The van der Waals surface area contributed by atoms with E-state index in [1.54, 1.807) is 18.5 Å². The highest BCUT2D eigenvalue weighted by Gasteiger charge is 2.57. The van der Waals surface area contributed by atoms with Gasteiger partial charge in [-0.25, -0.2) is 4.98 Å². The second-order valence-corrected chi connectivity index (χ2v) is 14.7. The maximum atomic E-state index is 12.7. The molecule has 0 amide bonds. The van der Waals surface area contributed by atoms with Gasteiger partial charge in [0.15, 0.2) is 5.60 Å². The van der Waals surface area contributed by atoms with Crippen molar-refractivity contribution in [1.29, 1.82) is 0 Å². The smallest absolute Gasteiger partial charge is 0.209 e. The van der Waals surface area contributed by atoms with E-state index in [0.29, 0.717) is 17.3 Å². The summed E-state index contributed by atoms with van der Waals surface area (Å²) in [4.78, 5) is 29.2. The van der Waals surface area contributed by atoms with Crippen LogP contribution in [0.25, 0.3) is 22.2 Å². The second-order valence-electron chi connectivity index (χ2n) is 14.7. The van der Waals surface area contributed by atoms with Crippen LogP contribution in [-0.4, -0.2) is 59.4 Å². The van der Waals surface area contributed by atoms with Crippen LogP contribution in [0.2, 0.25) is 0 Å². The number of nitrogens with zero attached hydrogens (tertiary/aromatic N) is 4. The van der Waals surface area contributed by atoms with E-state index in [2.05, 4.69) is 26.2 Å². The van der Waals surface area contributed by atoms with Gasteiger partial charge >= 0.3 is 0 Å². The summed E-state index contributed by atoms with van der Waals surface area (Å²) in [5.41, 5.74) is 4.81. The largest absolute Gasteiger partial charge is 0.376 e. The molecule has 4 aromatic heterocycles. The molecule has 2 aliphatic heterocycles. The number of aliphatic hydroxyl groups is 1. The van der Waals surface area contributed by atoms with Crippen molar-refractivity contribution >= 4 is 16.8 Å². The Morgan fingerprint density at radius 1 is 0.898 bits per heavy atom. The highest BCUT2D eigenvalue weighted by molar-refractivity contribution is 5.98. The number of hydrogen-bond donors (Lipinski definition) is 2. The Morgan fingerprint density at radius 3 is 2.24 bits per heavy atom. The van der Waals surface area contributed by atoms with Crippen LogP contribution in [0.5, 0.6) is 0 Å². The third kappa shape index (κ3) is 5.50. The van der Waals surface area contributed by atoms with E-state index in [-0.39, 0.29) is 23.1 Å². The minimum absolute atomic E-state index is 0.0411. The number of ketones is 1. The molecule has 2 saturated heterocycles. The first-order valence-electron chi connectivity index (χ1n) is 17.7. The van der Waals surface area contributed by atoms with Crippen molar-refractivity contribution < 1.29 is 23.9 Å². The minimum atomic E-state index is -1.43. The van der Waals surface area contributed by atoms with Gasteiger partial charge in [-0.15, -0.1) is 0 Å². The highest BCUT2D eigenvalue weighted by Crippen LogP contribution is 2.55. The predicted octanol–water partition coefficient (Wildman–Crippen LogP) is 7.03. The van der Waals surface area contributed by atoms with Crippen LogP contribution < -0.4 is 0 Å². The zero-order valence-electron chi connectivity index (χ0n) is 27.9. The first-order valence-corrected chi connectivity index (χ1v) is 17.7. The summed E-state index contributed by atoms with van der Waals surface area (Å²) < 4.78 is 17.8. The Kier molecular flexibility index (Phi) is 7.16. The van der Waals surface area contributed by atoms with Gasteiger partial charge in [0.25, 0.3) is 0 Å². The van der Waals surface area contributed by atoms with Gasteiger partial charge in [-0.3, -0.25) is 14.8 Å². The number of Topliss-reactive ketones (excluding diaryl/α,β-unsaturated/α-hetero) is 1. The van der Waals surface area contributed by atoms with Gasteiger partial charge in [-0.2, -0.15) is 0 Å². The van der Waals surface area contributed by atoms with E-state index >= 15 is 0 Å². The average molecular weight is 660 g/mol. The van der Waals surface area contributed by atoms with Crippen LogP contribution in [0, 0.1) is 13.8 Å². The van der Waals surface area contributed by atoms with E-state index in [1.165, 1.54) is 0 Å². The number of aryl methyl sites for hydroxylation is 2. The summed E-state index contributed by atoms with van der Waals surface area (Å²) >= 11 is 0. The Bertz CT molecular complexity index is 2010. The molecule has 2 spiro atoms. The summed E-state index contributed by atoms with van der Waals surface area (Å²) in [5, 5.41) is 16.8. The van der Waals surface area contributed by atoms with E-state index < -0.39 is 11.7 Å². The standard InChI is InChI=1S/C27H28N4O3.C12H13NO2/c1-15-23(16(2)34-31-15)18-13-19(24-20(14-18)29-25(30-24)17-6-7-17)27(32,21-5-3-4-12-28-21)22-8-9-26(33-22)10-11-26;14-11(9-3-1-2-8-13-9)10-4-5-12(15-10)6-7-12/h3-5,12-14,17,22,32H,6-11H2,1-2H3,(H,29,30);1-3,8,10H,4-7H2/t22-,27+;10-/m11/s1. The molecule has 2 N–H and O–H groups in total. The molecule has 0 unspecified atom stereocenters. The van der Waals surface area contributed by atoms with Crippen molar-refractivity contribution in [3.63, 3.8) is 0 Å². The van der Waals surface area contributed by atoms with Crippen molar-refractivity contribution in [2.45, 2.75) is 113 Å². The molecule has 3 aliphatic carbocycles. The first kappa shape index (κ1) is 30.8. The van der Waals surface area contributed by atoms with Crippen LogP contribution in [0.4, 0.5) is 0 Å². The van der Waals surface area contributed by atoms with E-state index in [9.17, 15) is 9.90 Å². The zero-order chi connectivity index (χ0) is 33.4. The molecule has 10 nitrogen and oxygen atoms in total. The Morgan fingerprint density at radius 2 is 1.63 bits per heavy atom. The molecule has 3 saturated carbocycles. The van der Waals surface area contributed by atoms with Gasteiger partial charge < -0.3 is 24.1 Å².